The third kappa shape index (κ3) is 3.30. The van der Waals surface area contributed by atoms with Gasteiger partial charge in [-0.25, -0.2) is 9.97 Å². The first-order valence-electron chi connectivity index (χ1n) is 4.87. The number of aromatic nitrogens is 2. The Morgan fingerprint density at radius 3 is 3.00 bits per heavy atom. The van der Waals surface area contributed by atoms with E-state index in [0.717, 1.165) is 18.4 Å². The zero-order chi connectivity index (χ0) is 10.4. The second-order valence-corrected chi connectivity index (χ2v) is 3.37. The fourth-order valence-electron chi connectivity index (χ4n) is 1.17. The van der Waals surface area contributed by atoms with Crippen LogP contribution in [0.2, 0.25) is 0 Å². The lowest BCUT2D eigenvalue weighted by Gasteiger charge is -2.14. The lowest BCUT2D eigenvalue weighted by Crippen LogP contribution is -2.15. The molecule has 1 aromatic heterocycles. The number of rotatable bonds is 5. The molecule has 0 fully saturated rings. The highest BCUT2D eigenvalue weighted by atomic mass is 16.5. The molecule has 4 heteroatoms. The fraction of sp³-hybridized carbons (Fsp3) is 0.600. The van der Waals surface area contributed by atoms with Gasteiger partial charge in [0.25, 0.3) is 0 Å². The first kappa shape index (κ1) is 10.9. The van der Waals surface area contributed by atoms with Crippen LogP contribution in [0.15, 0.2) is 12.5 Å². The van der Waals surface area contributed by atoms with E-state index < -0.39 is 0 Å². The van der Waals surface area contributed by atoms with E-state index in [1.165, 1.54) is 6.33 Å². The van der Waals surface area contributed by atoms with E-state index in [0.29, 0.717) is 12.4 Å². The summed E-state index contributed by atoms with van der Waals surface area (Å²) in [5.74, 6) is 0.671. The van der Waals surface area contributed by atoms with Crippen molar-refractivity contribution in [1.82, 2.24) is 9.97 Å². The average Bonchev–Trinajstić information content (AvgIpc) is 2.18. The number of aryl methyl sites for hydroxylation is 1. The summed E-state index contributed by atoms with van der Waals surface area (Å²) in [7, 11) is 0. The van der Waals surface area contributed by atoms with Gasteiger partial charge in [-0.3, -0.25) is 0 Å². The van der Waals surface area contributed by atoms with Crippen molar-refractivity contribution in [2.45, 2.75) is 32.8 Å². The van der Waals surface area contributed by atoms with Crippen LogP contribution in [0.3, 0.4) is 0 Å². The van der Waals surface area contributed by atoms with Gasteiger partial charge in [0.15, 0.2) is 0 Å². The minimum absolute atomic E-state index is 0.159. The molecule has 1 heterocycles. The zero-order valence-corrected chi connectivity index (χ0v) is 8.73. The van der Waals surface area contributed by atoms with Crippen LogP contribution in [0.4, 0.5) is 0 Å². The first-order valence-corrected chi connectivity index (χ1v) is 4.87. The number of hydrogen-bond acceptors (Lipinski definition) is 4. The van der Waals surface area contributed by atoms with E-state index in [9.17, 15) is 0 Å². The van der Waals surface area contributed by atoms with Crippen LogP contribution in [0.25, 0.3) is 0 Å². The minimum atomic E-state index is 0.159. The quantitative estimate of drug-likeness (QED) is 0.769. The molecule has 14 heavy (non-hydrogen) atoms. The predicted octanol–water partition coefficient (Wildman–Crippen LogP) is 1.29. The fourth-order valence-corrected chi connectivity index (χ4v) is 1.17. The van der Waals surface area contributed by atoms with E-state index in [4.69, 9.17) is 10.5 Å². The van der Waals surface area contributed by atoms with E-state index in [-0.39, 0.29) is 6.10 Å². The van der Waals surface area contributed by atoms with Crippen molar-refractivity contribution in [3.05, 3.63) is 18.1 Å². The van der Waals surface area contributed by atoms with Crippen molar-refractivity contribution in [2.24, 2.45) is 5.73 Å². The summed E-state index contributed by atoms with van der Waals surface area (Å²) in [6.07, 6.45) is 5.34. The highest BCUT2D eigenvalue weighted by molar-refractivity contribution is 5.19. The van der Waals surface area contributed by atoms with Crippen LogP contribution >= 0.6 is 0 Å². The smallest absolute Gasteiger partial charge is 0.219 e. The Bertz CT molecular complexity index is 278. The van der Waals surface area contributed by atoms with Gasteiger partial charge in [0.1, 0.15) is 6.33 Å². The van der Waals surface area contributed by atoms with Crippen LogP contribution in [0.1, 0.15) is 25.3 Å². The Morgan fingerprint density at radius 2 is 2.36 bits per heavy atom. The first-order chi connectivity index (χ1) is 6.74. The van der Waals surface area contributed by atoms with Crippen molar-refractivity contribution in [1.29, 1.82) is 0 Å². The van der Waals surface area contributed by atoms with Crippen LogP contribution in [-0.2, 0) is 0 Å². The summed E-state index contributed by atoms with van der Waals surface area (Å²) in [5.41, 5.74) is 6.38. The molecule has 0 aromatic carbocycles. The number of nitrogens with two attached hydrogens (primary N) is 1. The molecular formula is C10H17N3O. The molecule has 1 atom stereocenters. The summed E-state index contributed by atoms with van der Waals surface area (Å²) in [6, 6.07) is 0. The standard InChI is InChI=1S/C10H17N3O/c1-8-6-12-7-13-10(8)14-9(2)4-3-5-11/h6-7,9H,3-5,11H2,1-2H3. The third-order valence-electron chi connectivity index (χ3n) is 1.97. The van der Waals surface area contributed by atoms with Gasteiger partial charge in [-0.05, 0) is 33.2 Å². The van der Waals surface area contributed by atoms with Crippen molar-refractivity contribution in [3.8, 4) is 5.88 Å². The number of nitrogens with zero attached hydrogens (tertiary/aromatic N) is 2. The predicted molar refractivity (Wildman–Crippen MR) is 55.1 cm³/mol. The van der Waals surface area contributed by atoms with Crippen LogP contribution in [0, 0.1) is 6.92 Å². The van der Waals surface area contributed by atoms with Gasteiger partial charge < -0.3 is 10.5 Å². The number of hydrogen-bond donors (Lipinski definition) is 1. The van der Waals surface area contributed by atoms with Crippen molar-refractivity contribution >= 4 is 0 Å². The molecule has 4 nitrogen and oxygen atoms in total. The van der Waals surface area contributed by atoms with Gasteiger partial charge in [0, 0.05) is 11.8 Å². The molecule has 0 saturated heterocycles. The van der Waals surface area contributed by atoms with E-state index in [2.05, 4.69) is 9.97 Å². The second-order valence-electron chi connectivity index (χ2n) is 3.37. The van der Waals surface area contributed by atoms with Crippen LogP contribution < -0.4 is 10.5 Å². The van der Waals surface area contributed by atoms with Gasteiger partial charge in [-0.1, -0.05) is 0 Å². The molecule has 0 aliphatic rings. The molecule has 1 rings (SSSR count). The molecule has 0 aliphatic carbocycles. The van der Waals surface area contributed by atoms with Crippen molar-refractivity contribution in [3.63, 3.8) is 0 Å². The Balaban J connectivity index is 2.47. The molecule has 1 aromatic rings. The molecule has 2 N–H and O–H groups in total. The normalized spacial score (nSPS) is 12.5. The molecule has 78 valence electrons. The van der Waals surface area contributed by atoms with Gasteiger partial charge in [0.05, 0.1) is 6.10 Å². The maximum atomic E-state index is 5.64. The maximum absolute atomic E-state index is 5.64. The Morgan fingerprint density at radius 1 is 1.57 bits per heavy atom. The zero-order valence-electron chi connectivity index (χ0n) is 8.73. The molecule has 0 saturated carbocycles. The van der Waals surface area contributed by atoms with E-state index in [1.54, 1.807) is 6.20 Å². The van der Waals surface area contributed by atoms with Gasteiger partial charge in [-0.15, -0.1) is 0 Å². The topological polar surface area (TPSA) is 61.0 Å². The molecule has 0 radical (unpaired) electrons. The van der Waals surface area contributed by atoms with Crippen LogP contribution in [-0.4, -0.2) is 22.6 Å². The number of ether oxygens (including phenoxy) is 1. The Hall–Kier alpha value is -1.16. The van der Waals surface area contributed by atoms with Gasteiger partial charge in [-0.2, -0.15) is 0 Å². The Kier molecular flexibility index (Phi) is 4.32. The Labute approximate surface area is 84.5 Å². The molecule has 0 aliphatic heterocycles. The summed E-state index contributed by atoms with van der Waals surface area (Å²) in [4.78, 5) is 7.97. The molecule has 0 amide bonds. The summed E-state index contributed by atoms with van der Waals surface area (Å²) >= 11 is 0. The summed E-state index contributed by atoms with van der Waals surface area (Å²) in [5, 5.41) is 0. The third-order valence-corrected chi connectivity index (χ3v) is 1.97. The SMILES string of the molecule is Cc1cncnc1OC(C)CCCN. The highest BCUT2D eigenvalue weighted by Crippen LogP contribution is 2.14. The van der Waals surface area contributed by atoms with Crippen molar-refractivity contribution in [2.75, 3.05) is 6.54 Å². The van der Waals surface area contributed by atoms with Crippen molar-refractivity contribution < 1.29 is 4.74 Å². The average molecular weight is 195 g/mol. The molecule has 1 unspecified atom stereocenters. The molecule has 0 spiro atoms. The molecule has 0 bridgehead atoms. The van der Waals surface area contributed by atoms with Crippen LogP contribution in [0.5, 0.6) is 5.88 Å². The maximum Gasteiger partial charge on any atom is 0.219 e. The summed E-state index contributed by atoms with van der Waals surface area (Å²) in [6.45, 7) is 4.67. The molecular weight excluding hydrogens is 178 g/mol. The lowest BCUT2D eigenvalue weighted by atomic mass is 10.2. The van der Waals surface area contributed by atoms with E-state index >= 15 is 0 Å². The largest absolute Gasteiger partial charge is 0.474 e. The summed E-state index contributed by atoms with van der Waals surface area (Å²) < 4.78 is 5.64. The minimum Gasteiger partial charge on any atom is -0.474 e. The lowest BCUT2D eigenvalue weighted by molar-refractivity contribution is 0.198. The highest BCUT2D eigenvalue weighted by Gasteiger charge is 2.06. The van der Waals surface area contributed by atoms with Gasteiger partial charge >= 0.3 is 0 Å². The van der Waals surface area contributed by atoms with E-state index in [1.807, 2.05) is 13.8 Å². The second kappa shape index (κ2) is 5.54. The van der Waals surface area contributed by atoms with Gasteiger partial charge in [0.2, 0.25) is 5.88 Å². The monoisotopic (exact) mass is 195 g/mol.